The first-order valence-corrected chi connectivity index (χ1v) is 10.2. The lowest BCUT2D eigenvalue weighted by Crippen LogP contribution is -2.51. The van der Waals surface area contributed by atoms with Crippen LogP contribution in [0.25, 0.3) is 0 Å². The highest BCUT2D eigenvalue weighted by atomic mass is 32.1. The SMILES string of the molecule is C#CCCN1C[N+]([O-])(c2nnc(C3CCCCCC3)s2)C(O)C1COC. The molecule has 1 saturated carbocycles. The fraction of sp³-hybridized carbons (Fsp3) is 0.778. The van der Waals surface area contributed by atoms with Gasteiger partial charge in [0.1, 0.15) is 17.7 Å². The van der Waals surface area contributed by atoms with Crippen LogP contribution in [-0.2, 0) is 4.74 Å². The number of aliphatic hydroxyl groups excluding tert-OH is 1. The summed E-state index contributed by atoms with van der Waals surface area (Å²) >= 11 is 1.36. The van der Waals surface area contributed by atoms with Gasteiger partial charge in [0, 0.05) is 26.0 Å². The molecule has 1 aromatic rings. The van der Waals surface area contributed by atoms with Crippen LogP contribution in [0.4, 0.5) is 5.13 Å². The molecule has 2 fully saturated rings. The van der Waals surface area contributed by atoms with Crippen molar-refractivity contribution in [2.75, 3.05) is 26.9 Å². The zero-order valence-electron chi connectivity index (χ0n) is 15.3. The average Bonchev–Trinajstić information content (AvgIpc) is 3.10. The predicted molar refractivity (Wildman–Crippen MR) is 102 cm³/mol. The molecule has 3 unspecified atom stereocenters. The Balaban J connectivity index is 1.79. The molecule has 2 aliphatic rings. The van der Waals surface area contributed by atoms with E-state index in [0.717, 1.165) is 17.8 Å². The number of hydroxylamine groups is 2. The zero-order valence-corrected chi connectivity index (χ0v) is 16.2. The number of nitrogens with zero attached hydrogens (tertiary/aromatic N) is 4. The highest BCUT2D eigenvalue weighted by Gasteiger charge is 2.50. The van der Waals surface area contributed by atoms with Crippen molar-refractivity contribution in [3.63, 3.8) is 0 Å². The molecule has 2 heterocycles. The van der Waals surface area contributed by atoms with E-state index >= 15 is 0 Å². The second-order valence-electron chi connectivity index (χ2n) is 7.25. The first-order chi connectivity index (χ1) is 12.6. The van der Waals surface area contributed by atoms with Gasteiger partial charge in [0.15, 0.2) is 0 Å². The number of aliphatic hydroxyl groups is 1. The monoisotopic (exact) mass is 380 g/mol. The minimum absolute atomic E-state index is 0.121. The molecule has 7 nitrogen and oxygen atoms in total. The van der Waals surface area contributed by atoms with E-state index in [1.165, 1.54) is 37.0 Å². The van der Waals surface area contributed by atoms with E-state index < -0.39 is 16.9 Å². The molecule has 1 aromatic heterocycles. The molecular weight excluding hydrogens is 352 g/mol. The van der Waals surface area contributed by atoms with Crippen LogP contribution >= 0.6 is 11.3 Å². The predicted octanol–water partition coefficient (Wildman–Crippen LogP) is 2.41. The summed E-state index contributed by atoms with van der Waals surface area (Å²) in [5, 5.41) is 34.0. The van der Waals surface area contributed by atoms with Crippen LogP contribution in [0.3, 0.4) is 0 Å². The van der Waals surface area contributed by atoms with Gasteiger partial charge >= 0.3 is 5.13 Å². The summed E-state index contributed by atoms with van der Waals surface area (Å²) in [7, 11) is 1.57. The topological polar surface area (TPSA) is 81.5 Å². The molecule has 0 radical (unpaired) electrons. The van der Waals surface area contributed by atoms with Crippen LogP contribution in [0.15, 0.2) is 0 Å². The summed E-state index contributed by atoms with van der Waals surface area (Å²) in [5.74, 6) is 2.98. The molecular formula is C18H28N4O3S. The van der Waals surface area contributed by atoms with Gasteiger partial charge in [-0.3, -0.25) is 4.65 Å². The Kier molecular flexibility index (Phi) is 6.61. The van der Waals surface area contributed by atoms with E-state index in [2.05, 4.69) is 16.1 Å². The van der Waals surface area contributed by atoms with Crippen molar-refractivity contribution in [3.05, 3.63) is 10.2 Å². The number of ether oxygens (including phenoxy) is 1. The number of hydrogen-bond donors (Lipinski definition) is 1. The molecule has 0 bridgehead atoms. The maximum atomic E-state index is 13.5. The summed E-state index contributed by atoms with van der Waals surface area (Å²) < 4.78 is 4.33. The molecule has 1 aliphatic carbocycles. The van der Waals surface area contributed by atoms with Gasteiger partial charge in [-0.25, -0.2) is 4.90 Å². The number of hydrogen-bond acceptors (Lipinski definition) is 7. The lowest BCUT2D eigenvalue weighted by atomic mass is 10.0. The Morgan fingerprint density at radius 1 is 1.35 bits per heavy atom. The van der Waals surface area contributed by atoms with Crippen LogP contribution in [0.1, 0.15) is 55.9 Å². The molecule has 26 heavy (non-hydrogen) atoms. The van der Waals surface area contributed by atoms with Crippen molar-refractivity contribution in [2.45, 2.75) is 63.1 Å². The maximum Gasteiger partial charge on any atom is 0.309 e. The molecule has 3 rings (SSSR count). The number of rotatable bonds is 6. The van der Waals surface area contributed by atoms with Gasteiger partial charge in [-0.1, -0.05) is 30.8 Å². The van der Waals surface area contributed by atoms with Gasteiger partial charge in [-0.05, 0) is 24.2 Å². The molecule has 1 N–H and O–H groups in total. The van der Waals surface area contributed by atoms with Gasteiger partial charge in [-0.2, -0.15) is 0 Å². The normalized spacial score (nSPS) is 31.0. The van der Waals surface area contributed by atoms with Crippen molar-refractivity contribution < 1.29 is 9.84 Å². The first-order valence-electron chi connectivity index (χ1n) is 9.37. The fourth-order valence-corrected chi connectivity index (χ4v) is 5.05. The van der Waals surface area contributed by atoms with Crippen molar-refractivity contribution in [3.8, 4) is 12.3 Å². The lowest BCUT2D eigenvalue weighted by Gasteiger charge is -2.37. The molecule has 0 spiro atoms. The average molecular weight is 381 g/mol. The van der Waals surface area contributed by atoms with Crippen molar-refractivity contribution in [2.24, 2.45) is 0 Å². The summed E-state index contributed by atoms with van der Waals surface area (Å²) in [6.45, 7) is 0.955. The van der Waals surface area contributed by atoms with E-state index in [0.29, 0.717) is 24.0 Å². The smallest absolute Gasteiger partial charge is 0.309 e. The van der Waals surface area contributed by atoms with E-state index in [-0.39, 0.29) is 13.3 Å². The van der Waals surface area contributed by atoms with Crippen molar-refractivity contribution >= 4 is 16.5 Å². The van der Waals surface area contributed by atoms with Crippen molar-refractivity contribution in [1.29, 1.82) is 0 Å². The second kappa shape index (κ2) is 8.74. The Bertz CT molecular complexity index is 626. The van der Waals surface area contributed by atoms with Crippen LogP contribution in [0.5, 0.6) is 0 Å². The van der Waals surface area contributed by atoms with E-state index in [1.807, 2.05) is 4.90 Å². The standard InChI is InChI=1S/C18H28N4O3S/c1-3-4-11-21-13-22(24,17(23)15(21)12-25-2)18-20-19-16(26-18)14-9-7-5-6-8-10-14/h1,14-15,17,23H,4-13H2,2H3. The van der Waals surface area contributed by atoms with Gasteiger partial charge in [0.2, 0.25) is 6.23 Å². The Morgan fingerprint density at radius 3 is 2.73 bits per heavy atom. The third-order valence-electron chi connectivity index (χ3n) is 5.47. The minimum Gasteiger partial charge on any atom is -0.623 e. The lowest BCUT2D eigenvalue weighted by molar-refractivity contribution is 0.0196. The van der Waals surface area contributed by atoms with Gasteiger partial charge in [-0.15, -0.1) is 17.4 Å². The molecule has 0 amide bonds. The summed E-state index contributed by atoms with van der Waals surface area (Å²) in [6.07, 6.45) is 11.9. The quantitative estimate of drug-likeness (QED) is 0.353. The number of terminal acetylenes is 1. The third kappa shape index (κ3) is 3.93. The Morgan fingerprint density at radius 2 is 2.08 bits per heavy atom. The highest BCUT2D eigenvalue weighted by molar-refractivity contribution is 7.15. The van der Waals surface area contributed by atoms with Gasteiger partial charge in [0.05, 0.1) is 6.61 Å². The summed E-state index contributed by atoms with van der Waals surface area (Å²) in [5.41, 5.74) is 0. The Hall–Kier alpha value is -1.08. The molecule has 8 heteroatoms. The van der Waals surface area contributed by atoms with E-state index in [4.69, 9.17) is 11.2 Å². The second-order valence-corrected chi connectivity index (χ2v) is 8.24. The summed E-state index contributed by atoms with van der Waals surface area (Å²) in [4.78, 5) is 1.91. The van der Waals surface area contributed by atoms with Gasteiger partial charge in [0.25, 0.3) is 0 Å². The van der Waals surface area contributed by atoms with E-state index in [1.54, 1.807) is 7.11 Å². The number of methoxy groups -OCH3 is 1. The largest absolute Gasteiger partial charge is 0.623 e. The first kappa shape index (κ1) is 19.7. The van der Waals surface area contributed by atoms with Crippen LogP contribution in [0, 0.1) is 17.6 Å². The fourth-order valence-electron chi connectivity index (χ4n) is 3.98. The molecule has 3 atom stereocenters. The summed E-state index contributed by atoms with van der Waals surface area (Å²) in [6, 6.07) is -0.393. The maximum absolute atomic E-state index is 13.5. The molecule has 144 valence electrons. The molecule has 1 aliphatic heterocycles. The van der Waals surface area contributed by atoms with Crippen LogP contribution < -0.4 is 4.65 Å². The highest BCUT2D eigenvalue weighted by Crippen LogP contribution is 2.40. The van der Waals surface area contributed by atoms with Crippen LogP contribution in [0.2, 0.25) is 0 Å². The Labute approximate surface area is 159 Å². The number of aromatic nitrogens is 2. The molecule has 1 saturated heterocycles. The minimum atomic E-state index is -1.15. The zero-order chi connectivity index (χ0) is 18.6. The number of quaternary nitrogens is 1. The third-order valence-corrected chi connectivity index (χ3v) is 6.67. The van der Waals surface area contributed by atoms with E-state index in [9.17, 15) is 10.3 Å². The van der Waals surface area contributed by atoms with Crippen molar-refractivity contribution in [1.82, 2.24) is 19.7 Å². The van der Waals surface area contributed by atoms with Gasteiger partial charge < -0.3 is 15.1 Å². The molecule has 0 aromatic carbocycles. The van der Waals surface area contributed by atoms with Crippen LogP contribution in [-0.4, -0.2) is 59.4 Å².